The van der Waals surface area contributed by atoms with Crippen molar-refractivity contribution in [3.63, 3.8) is 0 Å². The van der Waals surface area contributed by atoms with Crippen molar-refractivity contribution in [1.82, 2.24) is 10.2 Å². The molecule has 4 heteroatoms. The summed E-state index contributed by atoms with van der Waals surface area (Å²) >= 11 is 0. The highest BCUT2D eigenvalue weighted by atomic mass is 16.6. The number of nitrogens with zero attached hydrogens (tertiary/aromatic N) is 1. The van der Waals surface area contributed by atoms with E-state index < -0.39 is 5.60 Å². The summed E-state index contributed by atoms with van der Waals surface area (Å²) < 4.78 is 5.43. The first-order valence-electron chi connectivity index (χ1n) is 8.44. The molecule has 21 heavy (non-hydrogen) atoms. The van der Waals surface area contributed by atoms with Crippen LogP contribution in [0.4, 0.5) is 4.79 Å². The van der Waals surface area contributed by atoms with Crippen LogP contribution in [0.25, 0.3) is 0 Å². The number of amides is 1. The Labute approximate surface area is 130 Å². The average Bonchev–Trinajstić information content (AvgIpc) is 2.84. The van der Waals surface area contributed by atoms with Crippen molar-refractivity contribution >= 4 is 6.09 Å². The second kappa shape index (κ2) is 8.02. The van der Waals surface area contributed by atoms with E-state index in [0.717, 1.165) is 32.5 Å². The van der Waals surface area contributed by atoms with Crippen molar-refractivity contribution in [2.24, 2.45) is 11.8 Å². The van der Waals surface area contributed by atoms with E-state index in [0.29, 0.717) is 17.9 Å². The average molecular weight is 298 g/mol. The first kappa shape index (κ1) is 18.3. The van der Waals surface area contributed by atoms with Crippen LogP contribution >= 0.6 is 0 Å². The predicted molar refractivity (Wildman–Crippen MR) is 87.5 cm³/mol. The highest BCUT2D eigenvalue weighted by Crippen LogP contribution is 2.21. The Morgan fingerprint density at radius 2 is 2.05 bits per heavy atom. The molecule has 124 valence electrons. The minimum absolute atomic E-state index is 0.161. The highest BCUT2D eigenvalue weighted by molar-refractivity contribution is 5.68. The standard InChI is InChI=1S/C17H34N2O2/c1-7-13(2)14(3)18-10-8-15-9-11-19(12-15)16(20)21-17(4,5)6/h13-15,18H,7-12H2,1-6H3. The molecule has 3 unspecified atom stereocenters. The van der Waals surface area contributed by atoms with Crippen LogP contribution < -0.4 is 5.32 Å². The normalized spacial score (nSPS) is 22.2. The summed E-state index contributed by atoms with van der Waals surface area (Å²) in [6.07, 6.45) is 3.29. The fraction of sp³-hybridized carbons (Fsp3) is 0.941. The number of likely N-dealkylation sites (tertiary alicyclic amines) is 1. The summed E-state index contributed by atoms with van der Waals surface area (Å²) in [4.78, 5) is 13.9. The molecule has 1 amide bonds. The summed E-state index contributed by atoms with van der Waals surface area (Å²) in [5.74, 6) is 1.32. The molecule has 0 saturated carbocycles. The molecular formula is C17H34N2O2. The maximum absolute atomic E-state index is 12.0. The molecule has 1 rings (SSSR count). The number of nitrogens with one attached hydrogen (secondary N) is 1. The molecule has 1 heterocycles. The fourth-order valence-corrected chi connectivity index (χ4v) is 2.63. The van der Waals surface area contributed by atoms with Gasteiger partial charge in [-0.2, -0.15) is 0 Å². The molecule has 0 radical (unpaired) electrons. The van der Waals surface area contributed by atoms with E-state index >= 15 is 0 Å². The molecule has 1 aliphatic heterocycles. The van der Waals surface area contributed by atoms with Gasteiger partial charge in [-0.1, -0.05) is 20.3 Å². The van der Waals surface area contributed by atoms with Gasteiger partial charge in [0.25, 0.3) is 0 Å². The van der Waals surface area contributed by atoms with Crippen LogP contribution in [0.3, 0.4) is 0 Å². The molecule has 1 saturated heterocycles. The van der Waals surface area contributed by atoms with Gasteiger partial charge >= 0.3 is 6.09 Å². The van der Waals surface area contributed by atoms with Gasteiger partial charge in [0.1, 0.15) is 5.60 Å². The Morgan fingerprint density at radius 3 is 2.62 bits per heavy atom. The Bertz CT molecular complexity index is 325. The maximum atomic E-state index is 12.0. The van der Waals surface area contributed by atoms with Crippen molar-refractivity contribution in [3.05, 3.63) is 0 Å². The number of rotatable bonds is 6. The van der Waals surface area contributed by atoms with Gasteiger partial charge in [-0.3, -0.25) is 0 Å². The Balaban J connectivity index is 2.24. The summed E-state index contributed by atoms with van der Waals surface area (Å²) in [7, 11) is 0. The molecule has 0 aliphatic carbocycles. The van der Waals surface area contributed by atoms with Crippen molar-refractivity contribution < 1.29 is 9.53 Å². The Kier molecular flexibility index (Phi) is 6.98. The lowest BCUT2D eigenvalue weighted by molar-refractivity contribution is 0.0287. The van der Waals surface area contributed by atoms with Crippen molar-refractivity contribution in [2.45, 2.75) is 72.4 Å². The lowest BCUT2D eigenvalue weighted by atomic mass is 10.00. The highest BCUT2D eigenvalue weighted by Gasteiger charge is 2.29. The zero-order chi connectivity index (χ0) is 16.0. The van der Waals surface area contributed by atoms with Crippen LogP contribution in [-0.4, -0.2) is 42.3 Å². The van der Waals surface area contributed by atoms with Crippen LogP contribution in [0.5, 0.6) is 0 Å². The molecule has 0 aromatic heterocycles. The summed E-state index contributed by atoms with van der Waals surface area (Å²) in [6, 6.07) is 0.568. The number of ether oxygens (including phenoxy) is 1. The third-order valence-corrected chi connectivity index (χ3v) is 4.45. The molecule has 0 aromatic carbocycles. The third kappa shape index (κ3) is 6.68. The van der Waals surface area contributed by atoms with Crippen LogP contribution in [0.2, 0.25) is 0 Å². The smallest absolute Gasteiger partial charge is 0.410 e. The summed E-state index contributed by atoms with van der Waals surface area (Å²) in [5, 5.41) is 3.61. The van der Waals surface area contributed by atoms with Crippen LogP contribution in [0.1, 0.15) is 60.8 Å². The van der Waals surface area contributed by atoms with E-state index in [1.165, 1.54) is 6.42 Å². The Hall–Kier alpha value is -0.770. The van der Waals surface area contributed by atoms with Gasteiger partial charge < -0.3 is 15.0 Å². The van der Waals surface area contributed by atoms with Gasteiger partial charge in [0.15, 0.2) is 0 Å². The molecule has 1 aliphatic rings. The zero-order valence-corrected chi connectivity index (χ0v) is 14.7. The first-order valence-corrected chi connectivity index (χ1v) is 8.44. The largest absolute Gasteiger partial charge is 0.444 e. The zero-order valence-electron chi connectivity index (χ0n) is 14.7. The fourth-order valence-electron chi connectivity index (χ4n) is 2.63. The lowest BCUT2D eigenvalue weighted by Gasteiger charge is -2.24. The molecule has 3 atom stereocenters. The van der Waals surface area contributed by atoms with Gasteiger partial charge in [-0.25, -0.2) is 4.79 Å². The van der Waals surface area contributed by atoms with Gasteiger partial charge in [-0.05, 0) is 58.9 Å². The van der Waals surface area contributed by atoms with Crippen LogP contribution in [0, 0.1) is 11.8 Å². The number of hydrogen-bond acceptors (Lipinski definition) is 3. The minimum atomic E-state index is -0.400. The second-order valence-corrected chi connectivity index (χ2v) is 7.50. The summed E-state index contributed by atoms with van der Waals surface area (Å²) in [5.41, 5.74) is -0.400. The van der Waals surface area contributed by atoms with E-state index in [-0.39, 0.29) is 6.09 Å². The molecule has 0 aromatic rings. The Morgan fingerprint density at radius 1 is 1.38 bits per heavy atom. The summed E-state index contributed by atoms with van der Waals surface area (Å²) in [6.45, 7) is 15.2. The lowest BCUT2D eigenvalue weighted by Crippen LogP contribution is -2.36. The topological polar surface area (TPSA) is 41.6 Å². The predicted octanol–water partition coefficient (Wildman–Crippen LogP) is 3.66. The maximum Gasteiger partial charge on any atom is 0.410 e. The van der Waals surface area contributed by atoms with Crippen molar-refractivity contribution in [3.8, 4) is 0 Å². The molecule has 4 nitrogen and oxygen atoms in total. The monoisotopic (exact) mass is 298 g/mol. The van der Waals surface area contributed by atoms with Crippen molar-refractivity contribution in [2.75, 3.05) is 19.6 Å². The van der Waals surface area contributed by atoms with E-state index in [1.54, 1.807) is 0 Å². The molecular weight excluding hydrogens is 264 g/mol. The second-order valence-electron chi connectivity index (χ2n) is 7.50. The van der Waals surface area contributed by atoms with Crippen LogP contribution in [0.15, 0.2) is 0 Å². The molecule has 0 spiro atoms. The number of carbonyl (C=O) groups excluding carboxylic acids is 1. The molecule has 1 N–H and O–H groups in total. The van der Waals surface area contributed by atoms with Gasteiger partial charge in [0, 0.05) is 19.1 Å². The van der Waals surface area contributed by atoms with Crippen molar-refractivity contribution in [1.29, 1.82) is 0 Å². The quantitative estimate of drug-likeness (QED) is 0.813. The van der Waals surface area contributed by atoms with E-state index in [1.807, 2.05) is 25.7 Å². The van der Waals surface area contributed by atoms with Gasteiger partial charge in [0.05, 0.1) is 0 Å². The van der Waals surface area contributed by atoms with E-state index in [4.69, 9.17) is 4.74 Å². The van der Waals surface area contributed by atoms with Gasteiger partial charge in [-0.15, -0.1) is 0 Å². The SMILES string of the molecule is CCC(C)C(C)NCCC1CCN(C(=O)OC(C)(C)C)C1. The van der Waals surface area contributed by atoms with Gasteiger partial charge in [0.2, 0.25) is 0 Å². The number of carbonyl (C=O) groups is 1. The minimum Gasteiger partial charge on any atom is -0.444 e. The molecule has 0 bridgehead atoms. The molecule has 1 fully saturated rings. The third-order valence-electron chi connectivity index (χ3n) is 4.45. The number of hydrogen-bond donors (Lipinski definition) is 1. The van der Waals surface area contributed by atoms with E-state index in [9.17, 15) is 4.79 Å². The first-order chi connectivity index (χ1) is 9.73. The van der Waals surface area contributed by atoms with Crippen LogP contribution in [-0.2, 0) is 4.74 Å². The van der Waals surface area contributed by atoms with E-state index in [2.05, 4.69) is 26.1 Å².